The number of ether oxygens (including phenoxy) is 1. The molecular weight excluding hydrogens is 250 g/mol. The second-order valence-electron chi connectivity index (χ2n) is 4.65. The minimum absolute atomic E-state index is 0.289. The van der Waals surface area contributed by atoms with Crippen molar-refractivity contribution >= 4 is 11.5 Å². The van der Waals surface area contributed by atoms with Crippen LogP contribution in [-0.4, -0.2) is 10.4 Å². The molecule has 0 aliphatic heterocycles. The van der Waals surface area contributed by atoms with Crippen molar-refractivity contribution < 1.29 is 9.53 Å². The van der Waals surface area contributed by atoms with Gasteiger partial charge >= 0.3 is 5.97 Å². The first-order chi connectivity index (χ1) is 9.75. The Hall–Kier alpha value is -2.55. The summed E-state index contributed by atoms with van der Waals surface area (Å²) in [5.74, 6) is -0.289. The third-order valence-corrected chi connectivity index (χ3v) is 3.25. The lowest BCUT2D eigenvalue weighted by atomic mass is 10.1. The summed E-state index contributed by atoms with van der Waals surface area (Å²) in [5.41, 5.74) is 2.98. The average molecular weight is 265 g/mol. The number of aromatic nitrogens is 1. The van der Waals surface area contributed by atoms with Crippen LogP contribution in [0.1, 0.15) is 24.3 Å². The third-order valence-electron chi connectivity index (χ3n) is 3.25. The van der Waals surface area contributed by atoms with Crippen LogP contribution in [0.2, 0.25) is 0 Å². The van der Waals surface area contributed by atoms with Crippen molar-refractivity contribution in [2.45, 2.75) is 13.0 Å². The van der Waals surface area contributed by atoms with Crippen molar-refractivity contribution in [1.82, 2.24) is 4.40 Å². The molecule has 2 aromatic heterocycles. The van der Waals surface area contributed by atoms with Crippen LogP contribution in [0, 0.1) is 0 Å². The largest absolute Gasteiger partial charge is 0.451 e. The van der Waals surface area contributed by atoms with E-state index in [1.54, 1.807) is 0 Å². The van der Waals surface area contributed by atoms with E-state index >= 15 is 0 Å². The lowest BCUT2D eigenvalue weighted by Gasteiger charge is -2.19. The summed E-state index contributed by atoms with van der Waals surface area (Å²) in [6.45, 7) is 1.44. The van der Waals surface area contributed by atoms with E-state index in [-0.39, 0.29) is 5.97 Å². The van der Waals surface area contributed by atoms with E-state index in [9.17, 15) is 4.79 Å². The van der Waals surface area contributed by atoms with Crippen molar-refractivity contribution in [2.75, 3.05) is 0 Å². The second kappa shape index (κ2) is 5.21. The number of fused-ring (bicyclic) bond motifs is 1. The first-order valence-electron chi connectivity index (χ1n) is 6.54. The van der Waals surface area contributed by atoms with Crippen molar-refractivity contribution in [3.63, 3.8) is 0 Å². The molecule has 0 bridgehead atoms. The normalized spacial score (nSPS) is 12.2. The summed E-state index contributed by atoms with van der Waals surface area (Å²) in [7, 11) is 0. The molecule has 0 saturated heterocycles. The summed E-state index contributed by atoms with van der Waals surface area (Å²) in [6.07, 6.45) is 1.58. The van der Waals surface area contributed by atoms with Gasteiger partial charge in [-0.2, -0.15) is 0 Å². The Kier molecular flexibility index (Phi) is 3.25. The van der Waals surface area contributed by atoms with Crippen molar-refractivity contribution in [1.29, 1.82) is 0 Å². The van der Waals surface area contributed by atoms with Crippen LogP contribution in [0.4, 0.5) is 0 Å². The molecular formula is C17H15NO2. The standard InChI is InChI=1S/C17H15NO2/c1-13(19)20-17(14-7-3-2-4-8-14)16-11-5-9-15-10-6-12-18(15)16/h2-12,17H,1H3. The smallest absolute Gasteiger partial charge is 0.303 e. The molecule has 1 atom stereocenters. The molecule has 0 aliphatic rings. The Morgan fingerprint density at radius 2 is 1.75 bits per heavy atom. The second-order valence-corrected chi connectivity index (χ2v) is 4.65. The highest BCUT2D eigenvalue weighted by Gasteiger charge is 2.19. The fraction of sp³-hybridized carbons (Fsp3) is 0.118. The number of esters is 1. The number of rotatable bonds is 3. The summed E-state index contributed by atoms with van der Waals surface area (Å²) in [4.78, 5) is 11.4. The van der Waals surface area contributed by atoms with Gasteiger partial charge in [0.25, 0.3) is 0 Å². The Bertz CT molecular complexity index is 731. The zero-order valence-corrected chi connectivity index (χ0v) is 11.2. The lowest BCUT2D eigenvalue weighted by molar-refractivity contribution is -0.145. The quantitative estimate of drug-likeness (QED) is 0.677. The first-order valence-corrected chi connectivity index (χ1v) is 6.54. The van der Waals surface area contributed by atoms with Gasteiger partial charge < -0.3 is 9.14 Å². The van der Waals surface area contributed by atoms with E-state index in [1.807, 2.05) is 71.3 Å². The van der Waals surface area contributed by atoms with Gasteiger partial charge in [0, 0.05) is 18.6 Å². The summed E-state index contributed by atoms with van der Waals surface area (Å²) >= 11 is 0. The van der Waals surface area contributed by atoms with Gasteiger partial charge in [0.05, 0.1) is 5.69 Å². The van der Waals surface area contributed by atoms with Crippen molar-refractivity contribution in [2.24, 2.45) is 0 Å². The molecule has 0 amide bonds. The van der Waals surface area contributed by atoms with Crippen LogP contribution in [-0.2, 0) is 9.53 Å². The molecule has 3 nitrogen and oxygen atoms in total. The summed E-state index contributed by atoms with van der Waals surface area (Å²) in [6, 6.07) is 19.8. The molecule has 20 heavy (non-hydrogen) atoms. The Morgan fingerprint density at radius 1 is 1.00 bits per heavy atom. The topological polar surface area (TPSA) is 30.7 Å². The predicted molar refractivity (Wildman–Crippen MR) is 77.4 cm³/mol. The molecule has 3 rings (SSSR count). The van der Waals surface area contributed by atoms with Gasteiger partial charge in [-0.05, 0) is 29.8 Å². The van der Waals surface area contributed by atoms with Gasteiger partial charge in [-0.15, -0.1) is 0 Å². The van der Waals surface area contributed by atoms with Gasteiger partial charge in [0.15, 0.2) is 6.10 Å². The molecule has 3 heteroatoms. The molecule has 2 heterocycles. The number of hydrogen-bond acceptors (Lipinski definition) is 2. The highest BCUT2D eigenvalue weighted by Crippen LogP contribution is 2.27. The summed E-state index contributed by atoms with van der Waals surface area (Å²) in [5, 5.41) is 0. The fourth-order valence-electron chi connectivity index (χ4n) is 2.40. The molecule has 0 fully saturated rings. The van der Waals surface area contributed by atoms with Crippen LogP contribution < -0.4 is 0 Å². The van der Waals surface area contributed by atoms with Crippen LogP contribution >= 0.6 is 0 Å². The average Bonchev–Trinajstić information content (AvgIpc) is 2.94. The maximum atomic E-state index is 11.4. The van der Waals surface area contributed by atoms with Crippen LogP contribution in [0.5, 0.6) is 0 Å². The number of pyridine rings is 1. The number of hydrogen-bond donors (Lipinski definition) is 0. The maximum absolute atomic E-state index is 11.4. The minimum Gasteiger partial charge on any atom is -0.451 e. The Labute approximate surface area is 117 Å². The van der Waals surface area contributed by atoms with Gasteiger partial charge in [-0.25, -0.2) is 0 Å². The molecule has 0 radical (unpaired) electrons. The SMILES string of the molecule is CC(=O)OC(c1ccccc1)c1cccc2cccn12. The molecule has 0 aliphatic carbocycles. The van der Waals surface area contributed by atoms with Gasteiger partial charge in [-0.1, -0.05) is 36.4 Å². The van der Waals surface area contributed by atoms with Crippen LogP contribution in [0.15, 0.2) is 66.9 Å². The Morgan fingerprint density at radius 3 is 2.50 bits per heavy atom. The van der Waals surface area contributed by atoms with Gasteiger partial charge in [0.2, 0.25) is 0 Å². The maximum Gasteiger partial charge on any atom is 0.303 e. The zero-order chi connectivity index (χ0) is 13.9. The molecule has 1 aromatic carbocycles. The van der Waals surface area contributed by atoms with E-state index in [2.05, 4.69) is 0 Å². The Balaban J connectivity index is 2.14. The molecule has 100 valence electrons. The van der Waals surface area contributed by atoms with E-state index in [1.165, 1.54) is 6.92 Å². The monoisotopic (exact) mass is 265 g/mol. The molecule has 0 saturated carbocycles. The van der Waals surface area contributed by atoms with E-state index in [0.717, 1.165) is 16.8 Å². The number of carbonyl (C=O) groups is 1. The summed E-state index contributed by atoms with van der Waals surface area (Å²) < 4.78 is 7.58. The van der Waals surface area contributed by atoms with E-state index in [0.29, 0.717) is 0 Å². The van der Waals surface area contributed by atoms with E-state index in [4.69, 9.17) is 4.74 Å². The molecule has 0 spiro atoms. The van der Waals surface area contributed by atoms with Gasteiger partial charge in [-0.3, -0.25) is 4.79 Å². The predicted octanol–water partition coefficient (Wildman–Crippen LogP) is 3.59. The van der Waals surface area contributed by atoms with Gasteiger partial charge in [0.1, 0.15) is 0 Å². The first kappa shape index (κ1) is 12.5. The molecule has 3 aromatic rings. The number of nitrogens with zero attached hydrogens (tertiary/aromatic N) is 1. The number of benzene rings is 1. The number of carbonyl (C=O) groups excluding carboxylic acids is 1. The molecule has 0 N–H and O–H groups in total. The van der Waals surface area contributed by atoms with E-state index < -0.39 is 6.10 Å². The minimum atomic E-state index is -0.398. The van der Waals surface area contributed by atoms with Crippen LogP contribution in [0.25, 0.3) is 5.52 Å². The zero-order valence-electron chi connectivity index (χ0n) is 11.2. The van der Waals surface area contributed by atoms with Crippen LogP contribution in [0.3, 0.4) is 0 Å². The van der Waals surface area contributed by atoms with Crippen molar-refractivity contribution in [3.05, 3.63) is 78.1 Å². The fourth-order valence-corrected chi connectivity index (χ4v) is 2.40. The van der Waals surface area contributed by atoms with Crippen molar-refractivity contribution in [3.8, 4) is 0 Å². The highest BCUT2D eigenvalue weighted by molar-refractivity contribution is 5.67. The third kappa shape index (κ3) is 2.30. The lowest BCUT2D eigenvalue weighted by Crippen LogP contribution is -2.13. The molecule has 1 unspecified atom stereocenters. The highest BCUT2D eigenvalue weighted by atomic mass is 16.5.